The predicted molar refractivity (Wildman–Crippen MR) is 88.1 cm³/mol. The molecule has 0 unspecified atom stereocenters. The van der Waals surface area contributed by atoms with Gasteiger partial charge in [-0.3, -0.25) is 0 Å². The van der Waals surface area contributed by atoms with Crippen LogP contribution < -0.4 is 0 Å². The molecule has 0 saturated heterocycles. The maximum Gasteiger partial charge on any atom is 0.115 e. The van der Waals surface area contributed by atoms with E-state index in [4.69, 9.17) is 0 Å². The van der Waals surface area contributed by atoms with Gasteiger partial charge in [0.25, 0.3) is 0 Å². The Hall–Kier alpha value is -1.06. The number of benzene rings is 1. The lowest BCUT2D eigenvalue weighted by molar-refractivity contribution is -0.0293. The Kier molecular flexibility index (Phi) is 10.4. The normalized spacial score (nSPS) is 14.6. The first-order valence-corrected chi connectivity index (χ1v) is 7.06. The molecule has 2 N–H and O–H groups in total. The Morgan fingerprint density at radius 2 is 1.80 bits per heavy atom. The molecule has 0 radical (unpaired) electrons. The van der Waals surface area contributed by atoms with Gasteiger partial charge in [-0.15, -0.1) is 0 Å². The molecule has 0 heterocycles. The highest BCUT2D eigenvalue weighted by Crippen LogP contribution is 2.34. The quantitative estimate of drug-likeness (QED) is 0.862. The second-order valence-electron chi connectivity index (χ2n) is 4.99. The SMILES string of the molecule is C.CC.CC[C@](O)(c1cccc(O)c1)[C@H](C)CN(C)C. The van der Waals surface area contributed by atoms with Gasteiger partial charge in [0.1, 0.15) is 5.75 Å². The van der Waals surface area contributed by atoms with Crippen LogP contribution in [0.1, 0.15) is 47.1 Å². The first kappa shape index (κ1) is 21.2. The van der Waals surface area contributed by atoms with Crippen LogP contribution in [-0.2, 0) is 5.60 Å². The first-order chi connectivity index (χ1) is 8.90. The second-order valence-corrected chi connectivity index (χ2v) is 4.99. The van der Waals surface area contributed by atoms with E-state index in [0.717, 1.165) is 12.1 Å². The number of nitrogens with zero attached hydrogens (tertiary/aromatic N) is 1. The minimum Gasteiger partial charge on any atom is -0.508 e. The van der Waals surface area contributed by atoms with E-state index < -0.39 is 5.60 Å². The van der Waals surface area contributed by atoms with Crippen LogP contribution in [-0.4, -0.2) is 35.8 Å². The molecule has 118 valence electrons. The summed E-state index contributed by atoms with van der Waals surface area (Å²) in [6.45, 7) is 8.81. The first-order valence-electron chi connectivity index (χ1n) is 7.06. The number of aliphatic hydroxyl groups is 1. The van der Waals surface area contributed by atoms with Gasteiger partial charge in [-0.2, -0.15) is 0 Å². The van der Waals surface area contributed by atoms with E-state index in [1.807, 2.05) is 47.9 Å². The highest BCUT2D eigenvalue weighted by atomic mass is 16.3. The van der Waals surface area contributed by atoms with Gasteiger partial charge in [0.15, 0.2) is 0 Å². The lowest BCUT2D eigenvalue weighted by atomic mass is 9.80. The van der Waals surface area contributed by atoms with E-state index in [2.05, 4.69) is 4.90 Å². The smallest absolute Gasteiger partial charge is 0.115 e. The summed E-state index contributed by atoms with van der Waals surface area (Å²) in [5.41, 5.74) is -0.0995. The average molecular weight is 283 g/mol. The van der Waals surface area contributed by atoms with Crippen molar-refractivity contribution in [3.8, 4) is 5.75 Å². The van der Waals surface area contributed by atoms with E-state index in [1.54, 1.807) is 18.2 Å². The Bertz CT molecular complexity index is 366. The van der Waals surface area contributed by atoms with Gasteiger partial charge in [-0.05, 0) is 38.2 Å². The number of aromatic hydroxyl groups is 1. The Morgan fingerprint density at radius 3 is 2.20 bits per heavy atom. The summed E-state index contributed by atoms with van der Waals surface area (Å²) in [6, 6.07) is 6.91. The summed E-state index contributed by atoms with van der Waals surface area (Å²) < 4.78 is 0. The van der Waals surface area contributed by atoms with Crippen LogP contribution in [0.15, 0.2) is 24.3 Å². The molecule has 0 amide bonds. The molecular weight excluding hydrogens is 250 g/mol. The van der Waals surface area contributed by atoms with Crippen molar-refractivity contribution >= 4 is 0 Å². The number of hydrogen-bond acceptors (Lipinski definition) is 3. The summed E-state index contributed by atoms with van der Waals surface area (Å²) in [6.07, 6.45) is 0.630. The fraction of sp³-hybridized carbons (Fsp3) is 0.647. The molecule has 0 aliphatic rings. The van der Waals surface area contributed by atoms with Crippen LogP contribution in [0, 0.1) is 5.92 Å². The van der Waals surface area contributed by atoms with Crippen LogP contribution in [0.3, 0.4) is 0 Å². The zero-order valence-electron chi connectivity index (χ0n) is 13.1. The van der Waals surface area contributed by atoms with Crippen molar-refractivity contribution < 1.29 is 10.2 Å². The molecule has 1 aromatic rings. The Morgan fingerprint density at radius 1 is 1.25 bits per heavy atom. The van der Waals surface area contributed by atoms with Gasteiger partial charge in [0, 0.05) is 12.5 Å². The van der Waals surface area contributed by atoms with E-state index in [9.17, 15) is 10.2 Å². The topological polar surface area (TPSA) is 43.7 Å². The number of phenolic OH excluding ortho intramolecular Hbond substituents is 1. The number of phenols is 1. The summed E-state index contributed by atoms with van der Waals surface area (Å²) >= 11 is 0. The van der Waals surface area contributed by atoms with Crippen LogP contribution in [0.4, 0.5) is 0 Å². The van der Waals surface area contributed by atoms with E-state index in [1.165, 1.54) is 0 Å². The summed E-state index contributed by atoms with van der Waals surface area (Å²) in [4.78, 5) is 2.06. The average Bonchev–Trinajstić information content (AvgIpc) is 2.39. The largest absolute Gasteiger partial charge is 0.508 e. The molecule has 3 heteroatoms. The van der Waals surface area contributed by atoms with E-state index in [0.29, 0.717) is 6.42 Å². The fourth-order valence-corrected chi connectivity index (χ4v) is 2.31. The predicted octanol–water partition coefficient (Wildman–Crippen LogP) is 3.85. The zero-order valence-corrected chi connectivity index (χ0v) is 13.1. The fourth-order valence-electron chi connectivity index (χ4n) is 2.31. The Balaban J connectivity index is 0. The molecule has 20 heavy (non-hydrogen) atoms. The van der Waals surface area contributed by atoms with Crippen LogP contribution in [0.25, 0.3) is 0 Å². The molecule has 0 aliphatic carbocycles. The minimum atomic E-state index is -0.886. The van der Waals surface area contributed by atoms with E-state index in [-0.39, 0.29) is 19.1 Å². The monoisotopic (exact) mass is 283 g/mol. The molecule has 2 atom stereocenters. The van der Waals surface area contributed by atoms with Crippen molar-refractivity contribution in [2.75, 3.05) is 20.6 Å². The zero-order chi connectivity index (χ0) is 15.1. The van der Waals surface area contributed by atoms with Crippen molar-refractivity contribution in [1.82, 2.24) is 4.90 Å². The molecule has 0 bridgehead atoms. The summed E-state index contributed by atoms with van der Waals surface area (Å²) in [7, 11) is 3.99. The van der Waals surface area contributed by atoms with Crippen LogP contribution >= 0.6 is 0 Å². The van der Waals surface area contributed by atoms with Crippen LogP contribution in [0.5, 0.6) is 5.75 Å². The second kappa shape index (κ2) is 9.78. The summed E-state index contributed by atoms with van der Waals surface area (Å²) in [5.74, 6) is 0.302. The molecular formula is C17H33NO2. The molecule has 0 aromatic heterocycles. The van der Waals surface area contributed by atoms with Gasteiger partial charge in [0.2, 0.25) is 0 Å². The third-order valence-electron chi connectivity index (χ3n) is 3.34. The molecule has 0 spiro atoms. The van der Waals surface area contributed by atoms with Crippen molar-refractivity contribution in [1.29, 1.82) is 0 Å². The number of rotatable bonds is 5. The van der Waals surface area contributed by atoms with Gasteiger partial charge in [-0.25, -0.2) is 0 Å². The van der Waals surface area contributed by atoms with Crippen LogP contribution in [0.2, 0.25) is 0 Å². The lowest BCUT2D eigenvalue weighted by Crippen LogP contribution is -2.38. The molecule has 0 saturated carbocycles. The maximum absolute atomic E-state index is 10.8. The molecule has 1 aromatic carbocycles. The van der Waals surface area contributed by atoms with Gasteiger partial charge in [-0.1, -0.05) is 47.3 Å². The minimum absolute atomic E-state index is 0. The third kappa shape index (κ3) is 5.51. The maximum atomic E-state index is 10.8. The Labute approximate surface area is 125 Å². The lowest BCUT2D eigenvalue weighted by Gasteiger charge is -2.35. The van der Waals surface area contributed by atoms with Crippen molar-refractivity contribution in [3.63, 3.8) is 0 Å². The number of hydrogen-bond donors (Lipinski definition) is 2. The highest BCUT2D eigenvalue weighted by molar-refractivity contribution is 5.31. The van der Waals surface area contributed by atoms with Crippen molar-refractivity contribution in [2.24, 2.45) is 5.92 Å². The third-order valence-corrected chi connectivity index (χ3v) is 3.34. The molecule has 1 rings (SSSR count). The molecule has 0 fully saturated rings. The van der Waals surface area contributed by atoms with Gasteiger partial charge < -0.3 is 15.1 Å². The van der Waals surface area contributed by atoms with Gasteiger partial charge in [0.05, 0.1) is 5.60 Å². The molecule has 3 nitrogen and oxygen atoms in total. The standard InChI is InChI=1S/C14H23NO2.C2H6.CH4/c1-5-14(17,11(2)10-15(3)4)12-7-6-8-13(16)9-12;1-2;/h6-9,11,16-17H,5,10H2,1-4H3;1-2H3;1H4/t11-,14-;;/m1../s1. The highest BCUT2D eigenvalue weighted by Gasteiger charge is 2.34. The van der Waals surface area contributed by atoms with E-state index >= 15 is 0 Å². The van der Waals surface area contributed by atoms with Crippen molar-refractivity contribution in [2.45, 2.75) is 47.1 Å². The van der Waals surface area contributed by atoms with Gasteiger partial charge >= 0.3 is 0 Å². The summed E-state index contributed by atoms with van der Waals surface area (Å²) in [5, 5.41) is 20.3. The van der Waals surface area contributed by atoms with Crippen molar-refractivity contribution in [3.05, 3.63) is 29.8 Å². The molecule has 0 aliphatic heterocycles.